The first-order chi connectivity index (χ1) is 13.2. The van der Waals surface area contributed by atoms with E-state index in [9.17, 15) is 8.42 Å². The molecular weight excluding hydrogens is 376 g/mol. The van der Waals surface area contributed by atoms with Crippen LogP contribution in [0.2, 0.25) is 0 Å². The molecule has 2 aromatic heterocycles. The van der Waals surface area contributed by atoms with E-state index < -0.39 is 15.1 Å². The molecule has 0 radical (unpaired) electrons. The molecule has 2 heterocycles. The van der Waals surface area contributed by atoms with Gasteiger partial charge in [-0.25, -0.2) is 13.4 Å². The van der Waals surface area contributed by atoms with Gasteiger partial charge >= 0.3 is 0 Å². The lowest BCUT2D eigenvalue weighted by Gasteiger charge is -2.12. The largest absolute Gasteiger partial charge is 0.325 e. The van der Waals surface area contributed by atoms with E-state index in [1.165, 1.54) is 0 Å². The summed E-state index contributed by atoms with van der Waals surface area (Å²) in [6.07, 6.45) is 1.62. The van der Waals surface area contributed by atoms with Crippen molar-refractivity contribution in [1.82, 2.24) is 20.2 Å². The van der Waals surface area contributed by atoms with Crippen molar-refractivity contribution in [1.29, 1.82) is 0 Å². The molecule has 0 amide bonds. The number of sulfone groups is 1. The highest BCUT2D eigenvalue weighted by Crippen LogP contribution is 2.25. The SMILES string of the molecule is Cc1cc(Nc2nccc(Nc3[nH]nc(C)c3C)n2)cc(S(=O)(=O)C(C)C)c1. The van der Waals surface area contributed by atoms with E-state index >= 15 is 0 Å². The number of rotatable bonds is 6. The van der Waals surface area contributed by atoms with Crippen molar-refractivity contribution in [3.63, 3.8) is 0 Å². The van der Waals surface area contributed by atoms with Crippen LogP contribution in [-0.4, -0.2) is 33.8 Å². The summed E-state index contributed by atoms with van der Waals surface area (Å²) in [5, 5.41) is 12.9. The Morgan fingerprint density at radius 3 is 2.46 bits per heavy atom. The highest BCUT2D eigenvalue weighted by atomic mass is 32.2. The van der Waals surface area contributed by atoms with Crippen LogP contribution in [0.3, 0.4) is 0 Å². The maximum atomic E-state index is 12.5. The molecule has 0 atom stereocenters. The van der Waals surface area contributed by atoms with Crippen LogP contribution in [0.25, 0.3) is 0 Å². The second-order valence-electron chi connectivity index (χ2n) is 6.95. The molecule has 8 nitrogen and oxygen atoms in total. The summed E-state index contributed by atoms with van der Waals surface area (Å²) in [4.78, 5) is 8.94. The average molecular weight is 401 g/mol. The summed E-state index contributed by atoms with van der Waals surface area (Å²) in [6.45, 7) is 9.08. The molecule has 0 fully saturated rings. The van der Waals surface area contributed by atoms with Crippen molar-refractivity contribution in [2.45, 2.75) is 44.8 Å². The third-order valence-corrected chi connectivity index (χ3v) is 6.55. The number of H-pyrrole nitrogens is 1. The van der Waals surface area contributed by atoms with Crippen LogP contribution in [0, 0.1) is 20.8 Å². The monoisotopic (exact) mass is 400 g/mol. The van der Waals surface area contributed by atoms with Crippen LogP contribution in [0.5, 0.6) is 0 Å². The maximum absolute atomic E-state index is 12.5. The van der Waals surface area contributed by atoms with E-state index in [1.807, 2.05) is 26.8 Å². The molecule has 148 valence electrons. The number of hydrogen-bond donors (Lipinski definition) is 3. The first kappa shape index (κ1) is 19.8. The zero-order valence-corrected chi connectivity index (χ0v) is 17.3. The van der Waals surface area contributed by atoms with E-state index in [1.54, 1.807) is 38.2 Å². The minimum absolute atomic E-state index is 0.280. The van der Waals surface area contributed by atoms with Crippen molar-refractivity contribution >= 4 is 33.1 Å². The van der Waals surface area contributed by atoms with Gasteiger partial charge in [-0.2, -0.15) is 10.1 Å². The normalized spacial score (nSPS) is 11.6. The molecule has 1 aromatic carbocycles. The Balaban J connectivity index is 1.86. The van der Waals surface area contributed by atoms with Crippen molar-refractivity contribution in [3.05, 3.63) is 47.3 Å². The first-order valence-corrected chi connectivity index (χ1v) is 10.5. The molecular formula is C19H24N6O2S. The van der Waals surface area contributed by atoms with Gasteiger partial charge in [0.25, 0.3) is 0 Å². The lowest BCUT2D eigenvalue weighted by molar-refractivity contribution is 0.587. The van der Waals surface area contributed by atoms with Gasteiger partial charge in [0.05, 0.1) is 15.8 Å². The maximum Gasteiger partial charge on any atom is 0.229 e. The highest BCUT2D eigenvalue weighted by molar-refractivity contribution is 7.92. The molecule has 0 aliphatic rings. The van der Waals surface area contributed by atoms with Gasteiger partial charge < -0.3 is 10.6 Å². The van der Waals surface area contributed by atoms with Gasteiger partial charge in [-0.15, -0.1) is 0 Å². The molecule has 0 aliphatic carbocycles. The van der Waals surface area contributed by atoms with Crippen LogP contribution >= 0.6 is 0 Å². The smallest absolute Gasteiger partial charge is 0.229 e. The number of hydrogen-bond acceptors (Lipinski definition) is 7. The van der Waals surface area contributed by atoms with Crippen molar-refractivity contribution in [2.75, 3.05) is 10.6 Å². The Bertz CT molecular complexity index is 1110. The summed E-state index contributed by atoms with van der Waals surface area (Å²) in [5.41, 5.74) is 3.37. The van der Waals surface area contributed by atoms with E-state index in [4.69, 9.17) is 0 Å². The summed E-state index contributed by atoms with van der Waals surface area (Å²) in [6, 6.07) is 6.87. The van der Waals surface area contributed by atoms with Crippen LogP contribution < -0.4 is 10.6 Å². The molecule has 3 N–H and O–H groups in total. The predicted molar refractivity (Wildman–Crippen MR) is 110 cm³/mol. The summed E-state index contributed by atoms with van der Waals surface area (Å²) >= 11 is 0. The molecule has 0 spiro atoms. The first-order valence-electron chi connectivity index (χ1n) is 8.91. The zero-order chi connectivity index (χ0) is 20.5. The van der Waals surface area contributed by atoms with E-state index in [-0.39, 0.29) is 4.90 Å². The molecule has 0 saturated carbocycles. The second kappa shape index (κ2) is 7.59. The van der Waals surface area contributed by atoms with Gasteiger partial charge in [0.2, 0.25) is 5.95 Å². The lowest BCUT2D eigenvalue weighted by atomic mass is 10.2. The van der Waals surface area contributed by atoms with Crippen LogP contribution in [0.4, 0.5) is 23.3 Å². The molecule has 28 heavy (non-hydrogen) atoms. The molecule has 0 unspecified atom stereocenters. The number of aromatic amines is 1. The fourth-order valence-corrected chi connectivity index (χ4v) is 3.80. The van der Waals surface area contributed by atoms with Crippen LogP contribution in [0.15, 0.2) is 35.4 Å². The van der Waals surface area contributed by atoms with Crippen molar-refractivity contribution < 1.29 is 8.42 Å². The Morgan fingerprint density at radius 2 is 1.82 bits per heavy atom. The topological polar surface area (TPSA) is 113 Å². The van der Waals surface area contributed by atoms with Gasteiger partial charge in [0, 0.05) is 17.4 Å². The number of benzene rings is 1. The highest BCUT2D eigenvalue weighted by Gasteiger charge is 2.20. The molecule has 0 aliphatic heterocycles. The van der Waals surface area contributed by atoms with Gasteiger partial charge in [0.1, 0.15) is 11.6 Å². The lowest BCUT2D eigenvalue weighted by Crippen LogP contribution is -2.14. The number of nitrogens with one attached hydrogen (secondary N) is 3. The van der Waals surface area contributed by atoms with Crippen molar-refractivity contribution in [2.24, 2.45) is 0 Å². The Labute approximate surface area is 164 Å². The number of aryl methyl sites for hydroxylation is 2. The summed E-state index contributed by atoms with van der Waals surface area (Å²) in [5.74, 6) is 1.72. The molecule has 3 rings (SSSR count). The van der Waals surface area contributed by atoms with Gasteiger partial charge in [-0.1, -0.05) is 0 Å². The van der Waals surface area contributed by atoms with Crippen molar-refractivity contribution in [3.8, 4) is 0 Å². The minimum atomic E-state index is -3.37. The van der Waals surface area contributed by atoms with E-state index in [0.717, 1.165) is 22.6 Å². The summed E-state index contributed by atoms with van der Waals surface area (Å²) in [7, 11) is -3.37. The molecule has 0 saturated heterocycles. The predicted octanol–water partition coefficient (Wildman–Crippen LogP) is 3.79. The fraction of sp³-hybridized carbons (Fsp3) is 0.316. The fourth-order valence-electron chi connectivity index (χ4n) is 2.61. The van der Waals surface area contributed by atoms with E-state index in [0.29, 0.717) is 17.5 Å². The third-order valence-electron chi connectivity index (χ3n) is 4.42. The standard InChI is InChI=1S/C19H24N6O2S/c1-11(2)28(26,27)16-9-12(3)8-15(10-16)21-19-20-7-6-17(23-19)22-18-13(4)14(5)24-25-18/h6-11H,1-5H3,(H3,20,21,22,23,24,25). The zero-order valence-electron chi connectivity index (χ0n) is 16.5. The second-order valence-corrected chi connectivity index (χ2v) is 9.46. The number of anilines is 4. The molecule has 0 bridgehead atoms. The van der Waals surface area contributed by atoms with Gasteiger partial charge in [0.15, 0.2) is 9.84 Å². The number of aromatic nitrogens is 4. The third kappa shape index (κ3) is 4.14. The van der Waals surface area contributed by atoms with Crippen LogP contribution in [-0.2, 0) is 9.84 Å². The van der Waals surface area contributed by atoms with Crippen LogP contribution in [0.1, 0.15) is 30.7 Å². The quantitative estimate of drug-likeness (QED) is 0.577. The Kier molecular flexibility index (Phi) is 5.37. The number of nitrogens with zero attached hydrogens (tertiary/aromatic N) is 3. The Hall–Kier alpha value is -2.94. The molecule has 3 aromatic rings. The summed E-state index contributed by atoms with van der Waals surface area (Å²) < 4.78 is 25.0. The van der Waals surface area contributed by atoms with Gasteiger partial charge in [-0.05, 0) is 64.4 Å². The molecule has 9 heteroatoms. The van der Waals surface area contributed by atoms with Gasteiger partial charge in [-0.3, -0.25) is 5.10 Å². The average Bonchev–Trinajstić information content (AvgIpc) is 2.93. The minimum Gasteiger partial charge on any atom is -0.325 e. The Morgan fingerprint density at radius 1 is 1.07 bits per heavy atom. The van der Waals surface area contributed by atoms with E-state index in [2.05, 4.69) is 30.8 Å².